The van der Waals surface area contributed by atoms with Gasteiger partial charge in [0.15, 0.2) is 0 Å². The van der Waals surface area contributed by atoms with Crippen molar-refractivity contribution in [3.8, 4) is 0 Å². The summed E-state index contributed by atoms with van der Waals surface area (Å²) in [5.41, 5.74) is 0.802. The van der Waals surface area contributed by atoms with Gasteiger partial charge in [0.1, 0.15) is 5.82 Å². The van der Waals surface area contributed by atoms with Crippen molar-refractivity contribution >= 4 is 0 Å². The largest absolute Gasteiger partial charge is 0.388 e. The minimum absolute atomic E-state index is 0.255. The van der Waals surface area contributed by atoms with E-state index in [4.69, 9.17) is 0 Å². The number of aliphatic hydroxyl groups excluding tert-OH is 1. The molecule has 2 nitrogen and oxygen atoms in total. The highest BCUT2D eigenvalue weighted by Gasteiger charge is 2.17. The minimum Gasteiger partial charge on any atom is -0.388 e. The SMILES string of the molecule is CN(CCC(O)c1ccc(F)cc1)CC1CCCC1. The first kappa shape index (κ1) is 14.5. The van der Waals surface area contributed by atoms with Gasteiger partial charge < -0.3 is 10.0 Å². The quantitative estimate of drug-likeness (QED) is 0.852. The molecule has 1 aromatic rings. The fourth-order valence-corrected chi connectivity index (χ4v) is 2.92. The second-order valence-corrected chi connectivity index (χ2v) is 5.77. The molecular weight excluding hydrogens is 241 g/mol. The molecule has 1 N–H and O–H groups in total. The molecule has 0 amide bonds. The van der Waals surface area contributed by atoms with Gasteiger partial charge in [-0.2, -0.15) is 0 Å². The normalized spacial score (nSPS) is 18.1. The molecule has 1 fully saturated rings. The van der Waals surface area contributed by atoms with Crippen LogP contribution in [0.5, 0.6) is 0 Å². The van der Waals surface area contributed by atoms with E-state index in [1.807, 2.05) is 0 Å². The van der Waals surface area contributed by atoms with Crippen LogP contribution in [0.1, 0.15) is 43.8 Å². The topological polar surface area (TPSA) is 23.5 Å². The number of halogens is 1. The van der Waals surface area contributed by atoms with Gasteiger partial charge in [-0.1, -0.05) is 25.0 Å². The lowest BCUT2D eigenvalue weighted by Crippen LogP contribution is -2.26. The van der Waals surface area contributed by atoms with Gasteiger partial charge >= 0.3 is 0 Å². The van der Waals surface area contributed by atoms with Crippen LogP contribution in [0.2, 0.25) is 0 Å². The molecule has 1 aliphatic carbocycles. The highest BCUT2D eigenvalue weighted by atomic mass is 19.1. The summed E-state index contributed by atoms with van der Waals surface area (Å²) >= 11 is 0. The summed E-state index contributed by atoms with van der Waals surface area (Å²) in [6.07, 6.45) is 5.66. The Hall–Kier alpha value is -0.930. The van der Waals surface area contributed by atoms with Crippen LogP contribution in [-0.4, -0.2) is 30.1 Å². The smallest absolute Gasteiger partial charge is 0.123 e. The van der Waals surface area contributed by atoms with Gasteiger partial charge in [0.25, 0.3) is 0 Å². The van der Waals surface area contributed by atoms with Crippen LogP contribution >= 0.6 is 0 Å². The van der Waals surface area contributed by atoms with Gasteiger partial charge in [-0.3, -0.25) is 0 Å². The van der Waals surface area contributed by atoms with Crippen molar-refractivity contribution in [2.24, 2.45) is 5.92 Å². The number of rotatable bonds is 6. The van der Waals surface area contributed by atoms with E-state index >= 15 is 0 Å². The summed E-state index contributed by atoms with van der Waals surface area (Å²) in [7, 11) is 2.12. The Morgan fingerprint density at radius 2 is 1.89 bits per heavy atom. The van der Waals surface area contributed by atoms with Crippen LogP contribution in [0.3, 0.4) is 0 Å². The van der Waals surface area contributed by atoms with E-state index in [0.717, 1.165) is 24.6 Å². The summed E-state index contributed by atoms with van der Waals surface area (Å²) in [4.78, 5) is 2.31. The zero-order valence-electron chi connectivity index (χ0n) is 11.7. The molecule has 1 aromatic carbocycles. The third-order valence-corrected chi connectivity index (χ3v) is 4.08. The van der Waals surface area contributed by atoms with Crippen molar-refractivity contribution in [3.05, 3.63) is 35.6 Å². The Morgan fingerprint density at radius 1 is 1.26 bits per heavy atom. The van der Waals surface area contributed by atoms with Crippen LogP contribution in [0.4, 0.5) is 4.39 Å². The van der Waals surface area contributed by atoms with Crippen LogP contribution in [0, 0.1) is 11.7 Å². The molecule has 0 saturated heterocycles. The molecule has 1 unspecified atom stereocenters. The maximum atomic E-state index is 12.8. The Balaban J connectivity index is 1.73. The summed E-state index contributed by atoms with van der Waals surface area (Å²) in [5.74, 6) is 0.585. The number of benzene rings is 1. The Kier molecular flexibility index (Phi) is 5.34. The van der Waals surface area contributed by atoms with Gasteiger partial charge in [-0.05, 0) is 49.9 Å². The average molecular weight is 265 g/mol. The van der Waals surface area contributed by atoms with Crippen LogP contribution < -0.4 is 0 Å². The summed E-state index contributed by atoms with van der Waals surface area (Å²) in [6, 6.07) is 6.13. The Bertz CT molecular complexity index is 373. The van der Waals surface area contributed by atoms with Crippen molar-refractivity contribution < 1.29 is 9.50 Å². The predicted octanol–water partition coefficient (Wildman–Crippen LogP) is 3.37. The summed E-state index contributed by atoms with van der Waals surface area (Å²) < 4.78 is 12.8. The van der Waals surface area contributed by atoms with Gasteiger partial charge in [0.05, 0.1) is 6.10 Å². The second kappa shape index (κ2) is 7.01. The summed E-state index contributed by atoms with van der Waals surface area (Å²) in [6.45, 7) is 2.02. The van der Waals surface area contributed by atoms with E-state index in [9.17, 15) is 9.50 Å². The predicted molar refractivity (Wildman–Crippen MR) is 75.4 cm³/mol. The first-order valence-corrected chi connectivity index (χ1v) is 7.27. The Labute approximate surface area is 115 Å². The van der Waals surface area contributed by atoms with Gasteiger partial charge in [-0.25, -0.2) is 4.39 Å². The van der Waals surface area contributed by atoms with E-state index in [0.29, 0.717) is 6.42 Å². The first-order valence-electron chi connectivity index (χ1n) is 7.27. The highest BCUT2D eigenvalue weighted by molar-refractivity contribution is 5.18. The molecule has 1 aliphatic rings. The average Bonchev–Trinajstić information content (AvgIpc) is 2.89. The van der Waals surface area contributed by atoms with E-state index in [1.54, 1.807) is 12.1 Å². The highest BCUT2D eigenvalue weighted by Crippen LogP contribution is 2.25. The molecule has 106 valence electrons. The molecule has 3 heteroatoms. The van der Waals surface area contributed by atoms with Crippen molar-refractivity contribution in [1.82, 2.24) is 4.90 Å². The van der Waals surface area contributed by atoms with Crippen LogP contribution in [0.15, 0.2) is 24.3 Å². The molecule has 0 aromatic heterocycles. The zero-order valence-corrected chi connectivity index (χ0v) is 11.7. The maximum absolute atomic E-state index is 12.8. The van der Waals surface area contributed by atoms with Crippen molar-refractivity contribution in [2.45, 2.75) is 38.2 Å². The molecule has 1 saturated carbocycles. The maximum Gasteiger partial charge on any atom is 0.123 e. The molecule has 1 atom stereocenters. The molecule has 0 bridgehead atoms. The van der Waals surface area contributed by atoms with Gasteiger partial charge in [0.2, 0.25) is 0 Å². The van der Waals surface area contributed by atoms with E-state index < -0.39 is 6.10 Å². The van der Waals surface area contributed by atoms with E-state index in [1.165, 1.54) is 37.8 Å². The third-order valence-electron chi connectivity index (χ3n) is 4.08. The van der Waals surface area contributed by atoms with Crippen LogP contribution in [0.25, 0.3) is 0 Å². The zero-order chi connectivity index (χ0) is 13.7. The van der Waals surface area contributed by atoms with Crippen molar-refractivity contribution in [3.63, 3.8) is 0 Å². The molecular formula is C16H24FNO. The molecule has 0 spiro atoms. The Morgan fingerprint density at radius 3 is 2.53 bits per heavy atom. The van der Waals surface area contributed by atoms with E-state index in [2.05, 4.69) is 11.9 Å². The monoisotopic (exact) mass is 265 g/mol. The standard InChI is InChI=1S/C16H24FNO/c1-18(12-13-4-2-3-5-13)11-10-16(19)14-6-8-15(17)9-7-14/h6-9,13,16,19H,2-5,10-12H2,1H3. The summed E-state index contributed by atoms with van der Waals surface area (Å²) in [5, 5.41) is 10.1. The van der Waals surface area contributed by atoms with Gasteiger partial charge in [0, 0.05) is 13.1 Å². The van der Waals surface area contributed by atoms with Crippen LogP contribution in [-0.2, 0) is 0 Å². The number of nitrogens with zero attached hydrogens (tertiary/aromatic N) is 1. The molecule has 19 heavy (non-hydrogen) atoms. The van der Waals surface area contributed by atoms with Crippen molar-refractivity contribution in [1.29, 1.82) is 0 Å². The fraction of sp³-hybridized carbons (Fsp3) is 0.625. The van der Waals surface area contributed by atoms with Gasteiger partial charge in [-0.15, -0.1) is 0 Å². The number of hydrogen-bond acceptors (Lipinski definition) is 2. The lowest BCUT2D eigenvalue weighted by atomic mass is 10.1. The lowest BCUT2D eigenvalue weighted by molar-refractivity contribution is 0.144. The molecule has 0 aliphatic heterocycles. The van der Waals surface area contributed by atoms with E-state index in [-0.39, 0.29) is 5.82 Å². The number of aliphatic hydroxyl groups is 1. The molecule has 0 radical (unpaired) electrons. The molecule has 2 rings (SSSR count). The van der Waals surface area contributed by atoms with Crippen molar-refractivity contribution in [2.75, 3.05) is 20.1 Å². The minimum atomic E-state index is -0.494. The number of hydrogen-bond donors (Lipinski definition) is 1. The first-order chi connectivity index (χ1) is 9.15. The lowest BCUT2D eigenvalue weighted by Gasteiger charge is -2.22. The molecule has 0 heterocycles. The fourth-order valence-electron chi connectivity index (χ4n) is 2.92. The second-order valence-electron chi connectivity index (χ2n) is 5.77. The third kappa shape index (κ3) is 4.59.